The highest BCUT2D eigenvalue weighted by molar-refractivity contribution is 7.89. The molecule has 0 heterocycles. The van der Waals surface area contributed by atoms with Gasteiger partial charge in [0, 0.05) is 12.6 Å². The molecule has 2 aromatic rings. The summed E-state index contributed by atoms with van der Waals surface area (Å²) in [7, 11) is -3.60. The number of carbonyl (C=O) groups excluding carboxylic acids is 2. The molecule has 3 rings (SSSR count). The van der Waals surface area contributed by atoms with E-state index in [0.29, 0.717) is 5.56 Å². The van der Waals surface area contributed by atoms with E-state index in [1.165, 1.54) is 43.3 Å². The van der Waals surface area contributed by atoms with Crippen molar-refractivity contribution in [2.45, 2.75) is 43.4 Å². The zero-order valence-corrected chi connectivity index (χ0v) is 16.5. The van der Waals surface area contributed by atoms with Crippen LogP contribution in [0, 0.1) is 5.82 Å². The molecule has 1 aliphatic carbocycles. The Balaban J connectivity index is 1.53. The number of amides is 1. The van der Waals surface area contributed by atoms with Crippen LogP contribution in [-0.2, 0) is 26.1 Å². The quantitative estimate of drug-likeness (QED) is 0.637. The fraction of sp³-hybridized carbons (Fsp3) is 0.300. The minimum atomic E-state index is -3.60. The van der Waals surface area contributed by atoms with Crippen molar-refractivity contribution in [3.8, 4) is 0 Å². The van der Waals surface area contributed by atoms with Crippen molar-refractivity contribution in [1.82, 2.24) is 10.0 Å². The topological polar surface area (TPSA) is 102 Å². The van der Waals surface area contributed by atoms with Crippen LogP contribution in [0.5, 0.6) is 0 Å². The van der Waals surface area contributed by atoms with Gasteiger partial charge in [0.25, 0.3) is 5.91 Å². The van der Waals surface area contributed by atoms with Gasteiger partial charge in [0.15, 0.2) is 6.10 Å². The maximum Gasteiger partial charge on any atom is 0.338 e. The molecule has 0 spiro atoms. The third-order valence-corrected chi connectivity index (χ3v) is 5.87. The summed E-state index contributed by atoms with van der Waals surface area (Å²) in [6.45, 7) is 1.60. The molecule has 1 unspecified atom stereocenters. The van der Waals surface area contributed by atoms with E-state index in [-0.39, 0.29) is 28.9 Å². The van der Waals surface area contributed by atoms with Crippen molar-refractivity contribution in [3.05, 3.63) is 65.5 Å². The lowest BCUT2D eigenvalue weighted by Gasteiger charge is -2.14. The monoisotopic (exact) mass is 420 g/mol. The first-order chi connectivity index (χ1) is 13.7. The van der Waals surface area contributed by atoms with Crippen molar-refractivity contribution < 1.29 is 27.1 Å². The lowest BCUT2D eigenvalue weighted by molar-refractivity contribution is -0.129. The lowest BCUT2D eigenvalue weighted by atomic mass is 10.2. The summed E-state index contributed by atoms with van der Waals surface area (Å²) in [4.78, 5) is 24.4. The minimum absolute atomic E-state index is 0.0149. The Bertz CT molecular complexity index is 987. The highest BCUT2D eigenvalue weighted by atomic mass is 32.2. The predicted octanol–water partition coefficient (Wildman–Crippen LogP) is 2.13. The standard InChI is InChI=1S/C20H21FN2O5S/c1-13(19(24)22-12-14-2-6-16(21)7-3-14)28-20(25)15-4-10-18(11-5-15)29(26,27)23-17-8-9-17/h2-7,10-11,13,17,23H,8-9,12H2,1H3,(H,22,24). The Morgan fingerprint density at radius 1 is 1.10 bits per heavy atom. The molecule has 1 fully saturated rings. The molecule has 0 saturated heterocycles. The molecule has 9 heteroatoms. The summed E-state index contributed by atoms with van der Waals surface area (Å²) in [5.74, 6) is -1.62. The third kappa shape index (κ3) is 5.85. The van der Waals surface area contributed by atoms with E-state index in [2.05, 4.69) is 10.0 Å². The number of sulfonamides is 1. The molecule has 0 radical (unpaired) electrons. The summed E-state index contributed by atoms with van der Waals surface area (Å²) in [5.41, 5.74) is 0.837. The Morgan fingerprint density at radius 3 is 2.31 bits per heavy atom. The van der Waals surface area contributed by atoms with E-state index in [9.17, 15) is 22.4 Å². The molecule has 2 aromatic carbocycles. The van der Waals surface area contributed by atoms with Crippen LogP contribution in [-0.4, -0.2) is 32.4 Å². The molecule has 7 nitrogen and oxygen atoms in total. The molecule has 2 N–H and O–H groups in total. The maximum absolute atomic E-state index is 12.9. The van der Waals surface area contributed by atoms with Crippen LogP contribution in [0.25, 0.3) is 0 Å². The summed E-state index contributed by atoms with van der Waals surface area (Å²) >= 11 is 0. The molecule has 0 bridgehead atoms. The Kier molecular flexibility index (Phi) is 6.29. The minimum Gasteiger partial charge on any atom is -0.449 e. The van der Waals surface area contributed by atoms with E-state index in [1.807, 2.05) is 0 Å². The molecule has 0 aromatic heterocycles. The van der Waals surface area contributed by atoms with Crippen LogP contribution in [0.3, 0.4) is 0 Å². The van der Waals surface area contributed by atoms with Crippen LogP contribution >= 0.6 is 0 Å². The number of rotatable bonds is 8. The first kappa shape index (κ1) is 20.9. The fourth-order valence-electron chi connectivity index (χ4n) is 2.48. The van der Waals surface area contributed by atoms with Gasteiger partial charge in [-0.1, -0.05) is 12.1 Å². The summed E-state index contributed by atoms with van der Waals surface area (Å²) in [5, 5.41) is 2.60. The first-order valence-corrected chi connectivity index (χ1v) is 10.6. The van der Waals surface area contributed by atoms with Crippen LogP contribution in [0.1, 0.15) is 35.7 Å². The van der Waals surface area contributed by atoms with E-state index >= 15 is 0 Å². The smallest absolute Gasteiger partial charge is 0.338 e. The Hall–Kier alpha value is -2.78. The van der Waals surface area contributed by atoms with Gasteiger partial charge in [0.1, 0.15) is 5.82 Å². The predicted molar refractivity (Wildman–Crippen MR) is 103 cm³/mol. The molecule has 1 atom stereocenters. The molecule has 0 aliphatic heterocycles. The maximum atomic E-state index is 12.9. The molecule has 29 heavy (non-hydrogen) atoms. The zero-order valence-electron chi connectivity index (χ0n) is 15.7. The van der Waals surface area contributed by atoms with E-state index < -0.39 is 28.0 Å². The average molecular weight is 420 g/mol. The molecular weight excluding hydrogens is 399 g/mol. The number of hydrogen-bond acceptors (Lipinski definition) is 5. The van der Waals surface area contributed by atoms with Gasteiger partial charge in [0.2, 0.25) is 10.0 Å². The number of ether oxygens (including phenoxy) is 1. The van der Waals surface area contributed by atoms with Gasteiger partial charge in [-0.3, -0.25) is 4.79 Å². The SMILES string of the molecule is CC(OC(=O)c1ccc(S(=O)(=O)NC2CC2)cc1)C(=O)NCc1ccc(F)cc1. The van der Waals surface area contributed by atoms with Crippen molar-refractivity contribution in [2.75, 3.05) is 0 Å². The van der Waals surface area contributed by atoms with E-state index in [0.717, 1.165) is 12.8 Å². The molecular formula is C20H21FN2O5S. The van der Waals surface area contributed by atoms with Gasteiger partial charge in [-0.05, 0) is 61.7 Å². The van der Waals surface area contributed by atoms with Crippen LogP contribution in [0.2, 0.25) is 0 Å². The van der Waals surface area contributed by atoms with Gasteiger partial charge >= 0.3 is 5.97 Å². The first-order valence-electron chi connectivity index (χ1n) is 9.10. The summed E-state index contributed by atoms with van der Waals surface area (Å²) in [6.07, 6.45) is 0.595. The number of halogens is 1. The van der Waals surface area contributed by atoms with E-state index in [1.54, 1.807) is 12.1 Å². The van der Waals surface area contributed by atoms with Gasteiger partial charge in [-0.25, -0.2) is 22.3 Å². The lowest BCUT2D eigenvalue weighted by Crippen LogP contribution is -2.35. The molecule has 1 saturated carbocycles. The second-order valence-electron chi connectivity index (χ2n) is 6.81. The molecule has 1 aliphatic rings. The number of carbonyl (C=O) groups is 2. The van der Waals surface area contributed by atoms with Crippen LogP contribution in [0.4, 0.5) is 4.39 Å². The summed E-state index contributed by atoms with van der Waals surface area (Å²) < 4.78 is 44.8. The summed E-state index contributed by atoms with van der Waals surface area (Å²) in [6, 6.07) is 11.0. The zero-order chi connectivity index (χ0) is 21.0. The average Bonchev–Trinajstić information content (AvgIpc) is 3.50. The van der Waals surface area contributed by atoms with Gasteiger partial charge in [-0.15, -0.1) is 0 Å². The van der Waals surface area contributed by atoms with E-state index in [4.69, 9.17) is 4.74 Å². The molecule has 1 amide bonds. The Morgan fingerprint density at radius 2 is 1.72 bits per heavy atom. The van der Waals surface area contributed by atoms with Gasteiger partial charge in [0.05, 0.1) is 10.5 Å². The van der Waals surface area contributed by atoms with Crippen molar-refractivity contribution in [1.29, 1.82) is 0 Å². The van der Waals surface area contributed by atoms with Crippen molar-refractivity contribution >= 4 is 21.9 Å². The Labute approximate surface area is 168 Å². The van der Waals surface area contributed by atoms with Crippen molar-refractivity contribution in [2.24, 2.45) is 0 Å². The largest absolute Gasteiger partial charge is 0.449 e. The van der Waals surface area contributed by atoms with Gasteiger partial charge < -0.3 is 10.1 Å². The molecule has 154 valence electrons. The number of esters is 1. The van der Waals surface area contributed by atoms with Crippen LogP contribution < -0.4 is 10.0 Å². The highest BCUT2D eigenvalue weighted by Gasteiger charge is 2.28. The fourth-order valence-corrected chi connectivity index (χ4v) is 3.78. The normalized spacial score (nSPS) is 14.8. The second-order valence-corrected chi connectivity index (χ2v) is 8.53. The van der Waals surface area contributed by atoms with Gasteiger partial charge in [-0.2, -0.15) is 0 Å². The van der Waals surface area contributed by atoms with Crippen molar-refractivity contribution in [3.63, 3.8) is 0 Å². The number of hydrogen-bond donors (Lipinski definition) is 2. The number of benzene rings is 2. The second kappa shape index (κ2) is 8.71. The highest BCUT2D eigenvalue weighted by Crippen LogP contribution is 2.22. The van der Waals surface area contributed by atoms with Crippen LogP contribution in [0.15, 0.2) is 53.4 Å². The third-order valence-electron chi connectivity index (χ3n) is 4.33. The number of nitrogens with one attached hydrogen (secondary N) is 2.